The van der Waals surface area contributed by atoms with Gasteiger partial charge in [-0.2, -0.15) is 0 Å². The van der Waals surface area contributed by atoms with E-state index < -0.39 is 0 Å². The summed E-state index contributed by atoms with van der Waals surface area (Å²) in [5, 5.41) is 0. The van der Waals surface area contributed by atoms with Crippen molar-refractivity contribution < 1.29 is 4.74 Å². The van der Waals surface area contributed by atoms with Gasteiger partial charge in [-0.1, -0.05) is 42.5 Å². The lowest BCUT2D eigenvalue weighted by Crippen LogP contribution is -2.26. The van der Waals surface area contributed by atoms with Crippen LogP contribution in [0.2, 0.25) is 0 Å². The maximum absolute atomic E-state index is 5.30. The summed E-state index contributed by atoms with van der Waals surface area (Å²) in [6.07, 6.45) is 2.24. The van der Waals surface area contributed by atoms with Gasteiger partial charge in [0.05, 0.1) is 13.8 Å². The van der Waals surface area contributed by atoms with Crippen LogP contribution in [-0.2, 0) is 13.1 Å². The summed E-state index contributed by atoms with van der Waals surface area (Å²) in [7, 11) is 1.71. The highest BCUT2D eigenvalue weighted by atomic mass is 35.5. The molecule has 3 rings (SSSR count). The van der Waals surface area contributed by atoms with E-state index in [9.17, 15) is 0 Å². The third-order valence-corrected chi connectivity index (χ3v) is 3.96. The second-order valence-corrected chi connectivity index (χ2v) is 5.69. The Morgan fingerprint density at radius 3 is 2.43 bits per heavy atom. The van der Waals surface area contributed by atoms with E-state index >= 15 is 0 Å². The predicted octanol–water partition coefficient (Wildman–Crippen LogP) is 4.25. The first-order valence-corrected chi connectivity index (χ1v) is 7.59. The molecule has 0 aromatic heterocycles. The topological polar surface area (TPSA) is 15.7 Å². The van der Waals surface area contributed by atoms with Gasteiger partial charge in [0.1, 0.15) is 5.75 Å². The lowest BCUT2D eigenvalue weighted by Gasteiger charge is -2.23. The summed E-state index contributed by atoms with van der Waals surface area (Å²) in [4.78, 5) is 4.74. The number of halogens is 1. The number of benzene rings is 2. The van der Waals surface area contributed by atoms with Crippen molar-refractivity contribution >= 4 is 12.4 Å². The van der Waals surface area contributed by atoms with Crippen LogP contribution in [0.15, 0.2) is 66.5 Å². The Balaban J connectivity index is 0.00000192. The van der Waals surface area contributed by atoms with Crippen molar-refractivity contribution in [1.82, 2.24) is 9.80 Å². The fraction of sp³-hybridized carbons (Fsp3) is 0.263. The Hall–Kier alpha value is -2.13. The summed E-state index contributed by atoms with van der Waals surface area (Å²) in [5.41, 5.74) is 3.92. The van der Waals surface area contributed by atoms with Gasteiger partial charge in [0.15, 0.2) is 0 Å². The zero-order chi connectivity index (χ0) is 15.4. The highest BCUT2D eigenvalue weighted by molar-refractivity contribution is 5.85. The van der Waals surface area contributed by atoms with Crippen LogP contribution < -0.4 is 4.74 Å². The molecule has 0 saturated carbocycles. The molecule has 0 N–H and O–H groups in total. The molecule has 23 heavy (non-hydrogen) atoms. The van der Waals surface area contributed by atoms with Crippen LogP contribution in [0.1, 0.15) is 18.1 Å². The first kappa shape index (κ1) is 17.2. The summed E-state index contributed by atoms with van der Waals surface area (Å²) in [5.74, 6) is 0.916. The van der Waals surface area contributed by atoms with Gasteiger partial charge in [-0.05, 0) is 30.2 Å². The number of hydrogen-bond donors (Lipinski definition) is 0. The predicted molar refractivity (Wildman–Crippen MR) is 96.4 cm³/mol. The van der Waals surface area contributed by atoms with Gasteiger partial charge in [0.25, 0.3) is 0 Å². The number of ether oxygens (including phenoxy) is 1. The summed E-state index contributed by atoms with van der Waals surface area (Å²) < 4.78 is 5.30. The van der Waals surface area contributed by atoms with Crippen LogP contribution in [0, 0.1) is 0 Å². The van der Waals surface area contributed by atoms with E-state index in [1.807, 2.05) is 12.1 Å². The molecule has 1 aliphatic heterocycles. The van der Waals surface area contributed by atoms with Gasteiger partial charge in [0.2, 0.25) is 0 Å². The molecule has 0 spiro atoms. The number of methoxy groups -OCH3 is 1. The molecule has 0 bridgehead atoms. The maximum Gasteiger partial charge on any atom is 0.119 e. The molecule has 2 aromatic rings. The zero-order valence-electron chi connectivity index (χ0n) is 13.6. The van der Waals surface area contributed by atoms with Gasteiger partial charge >= 0.3 is 0 Å². The molecule has 0 fully saturated rings. The van der Waals surface area contributed by atoms with Gasteiger partial charge in [-0.3, -0.25) is 0 Å². The third kappa shape index (κ3) is 4.42. The SMILES string of the molecule is COc1cccc(CN2CN(Cc3ccccc3)C=C2C)c1.Cl. The Morgan fingerprint density at radius 2 is 1.70 bits per heavy atom. The van der Waals surface area contributed by atoms with Gasteiger partial charge in [0, 0.05) is 25.0 Å². The van der Waals surface area contributed by atoms with E-state index in [4.69, 9.17) is 4.74 Å². The highest BCUT2D eigenvalue weighted by Crippen LogP contribution is 2.22. The first-order valence-electron chi connectivity index (χ1n) is 7.59. The van der Waals surface area contributed by atoms with E-state index in [2.05, 4.69) is 65.4 Å². The number of rotatable bonds is 5. The standard InChI is InChI=1S/C19H22N2O.ClH/c1-16-12-20(13-17-7-4-3-5-8-17)15-21(16)14-18-9-6-10-19(11-18)22-2;/h3-12H,13-15H2,1-2H3;1H. The van der Waals surface area contributed by atoms with Crippen LogP contribution in [-0.4, -0.2) is 23.6 Å². The second-order valence-electron chi connectivity index (χ2n) is 5.69. The van der Waals surface area contributed by atoms with Crippen molar-refractivity contribution in [3.8, 4) is 5.75 Å². The summed E-state index contributed by atoms with van der Waals surface area (Å²) >= 11 is 0. The fourth-order valence-corrected chi connectivity index (χ4v) is 2.80. The lowest BCUT2D eigenvalue weighted by atomic mass is 10.2. The van der Waals surface area contributed by atoms with E-state index in [0.717, 1.165) is 25.5 Å². The van der Waals surface area contributed by atoms with Gasteiger partial charge < -0.3 is 14.5 Å². The summed E-state index contributed by atoms with van der Waals surface area (Å²) in [6.45, 7) is 4.96. The van der Waals surface area contributed by atoms with E-state index in [0.29, 0.717) is 0 Å². The van der Waals surface area contributed by atoms with E-state index in [1.165, 1.54) is 16.8 Å². The third-order valence-electron chi connectivity index (χ3n) is 3.96. The average Bonchev–Trinajstić information content (AvgIpc) is 2.88. The molecule has 0 saturated heterocycles. The molecular weight excluding hydrogens is 308 g/mol. The largest absolute Gasteiger partial charge is 0.497 e. The number of allylic oxidation sites excluding steroid dienone is 1. The van der Waals surface area contributed by atoms with Crippen molar-refractivity contribution in [2.75, 3.05) is 13.8 Å². The minimum Gasteiger partial charge on any atom is -0.497 e. The molecule has 2 aromatic carbocycles. The molecule has 0 radical (unpaired) electrons. The molecular formula is C19H23ClN2O. The van der Waals surface area contributed by atoms with Crippen LogP contribution in [0.5, 0.6) is 5.75 Å². The van der Waals surface area contributed by atoms with Crippen LogP contribution in [0.4, 0.5) is 0 Å². The maximum atomic E-state index is 5.30. The quantitative estimate of drug-likeness (QED) is 0.815. The van der Waals surface area contributed by atoms with E-state index in [-0.39, 0.29) is 12.4 Å². The lowest BCUT2D eigenvalue weighted by molar-refractivity contribution is 0.244. The molecule has 0 amide bonds. The first-order chi connectivity index (χ1) is 10.7. The Kier molecular flexibility index (Phi) is 5.94. The number of nitrogens with zero attached hydrogens (tertiary/aromatic N) is 2. The highest BCUT2D eigenvalue weighted by Gasteiger charge is 2.18. The zero-order valence-corrected chi connectivity index (χ0v) is 14.4. The Morgan fingerprint density at radius 1 is 0.957 bits per heavy atom. The smallest absolute Gasteiger partial charge is 0.119 e. The van der Waals surface area contributed by atoms with Crippen molar-refractivity contribution in [1.29, 1.82) is 0 Å². The van der Waals surface area contributed by atoms with Crippen molar-refractivity contribution in [2.24, 2.45) is 0 Å². The van der Waals surface area contributed by atoms with E-state index in [1.54, 1.807) is 7.11 Å². The molecule has 0 aliphatic carbocycles. The van der Waals surface area contributed by atoms with Crippen LogP contribution in [0.3, 0.4) is 0 Å². The molecule has 122 valence electrons. The fourth-order valence-electron chi connectivity index (χ4n) is 2.80. The Bertz CT molecular complexity index is 657. The minimum atomic E-state index is 0. The monoisotopic (exact) mass is 330 g/mol. The van der Waals surface area contributed by atoms with Crippen molar-refractivity contribution in [3.63, 3.8) is 0 Å². The second kappa shape index (κ2) is 7.93. The average molecular weight is 331 g/mol. The molecule has 3 nitrogen and oxygen atoms in total. The molecule has 1 aliphatic rings. The summed E-state index contributed by atoms with van der Waals surface area (Å²) in [6, 6.07) is 18.9. The van der Waals surface area contributed by atoms with Gasteiger partial charge in [-0.25, -0.2) is 0 Å². The molecule has 0 unspecified atom stereocenters. The Labute approximate surface area is 144 Å². The minimum absolute atomic E-state index is 0. The van der Waals surface area contributed by atoms with Crippen molar-refractivity contribution in [2.45, 2.75) is 20.0 Å². The molecule has 0 atom stereocenters. The van der Waals surface area contributed by atoms with Crippen LogP contribution in [0.25, 0.3) is 0 Å². The molecule has 4 heteroatoms. The number of hydrogen-bond acceptors (Lipinski definition) is 3. The van der Waals surface area contributed by atoms with Gasteiger partial charge in [-0.15, -0.1) is 12.4 Å². The molecule has 1 heterocycles. The van der Waals surface area contributed by atoms with Crippen LogP contribution >= 0.6 is 12.4 Å². The van der Waals surface area contributed by atoms with Crippen molar-refractivity contribution in [3.05, 3.63) is 77.6 Å². The normalized spacial score (nSPS) is 13.6.